The van der Waals surface area contributed by atoms with Crippen LogP contribution in [0.15, 0.2) is 146 Å². The van der Waals surface area contributed by atoms with Gasteiger partial charge < -0.3 is 35.3 Å². The first-order valence-corrected chi connectivity index (χ1v) is 35.7. The molecule has 105 heavy (non-hydrogen) atoms. The molecule has 10 aromatic rings. The third-order valence-electron chi connectivity index (χ3n) is 15.6. The van der Waals surface area contributed by atoms with Crippen molar-refractivity contribution in [3.8, 4) is 0 Å². The SMILES string of the molecule is CC(C)C[C@@H](C)c1nc(C=O)co1.CC(C)C[C@H](C)c1nc(C=O)co1.CC(C)c1nc(C=O)co1.CCCC[C@H](C)c1nc(C=O)co1.CCC[C@@H](C)c1nc(C=O)co1.CCC[C@H](C)c1nc(C=O)co1.C[C@@H](Cc1ccccc1)c1nc(C=O)co1.C[C@H](Cc1ccccc1)c1nc(C=O)co1. The average molecular weight is 1450 g/mol. The van der Waals surface area contributed by atoms with Crippen LogP contribution in [-0.2, 0) is 12.8 Å². The predicted molar refractivity (Wildman–Crippen MR) is 397 cm³/mol. The fourth-order valence-electron chi connectivity index (χ4n) is 10.2. The van der Waals surface area contributed by atoms with Gasteiger partial charge >= 0.3 is 0 Å². The summed E-state index contributed by atoms with van der Waals surface area (Å²) in [4.78, 5) is 115. The Labute approximate surface area is 616 Å². The van der Waals surface area contributed by atoms with E-state index in [-0.39, 0.29) is 29.6 Å². The molecule has 8 heterocycles. The first-order chi connectivity index (χ1) is 50.4. The zero-order valence-electron chi connectivity index (χ0n) is 63.7. The van der Waals surface area contributed by atoms with Crippen LogP contribution in [0.2, 0.25) is 0 Å². The Kier molecular flexibility index (Phi) is 42.2. The molecular weight excluding hydrogens is 1340 g/mol. The molecule has 0 radical (unpaired) electrons. The third-order valence-corrected chi connectivity index (χ3v) is 15.6. The van der Waals surface area contributed by atoms with Crippen LogP contribution in [0.4, 0.5) is 0 Å². The minimum atomic E-state index is 0.177. The van der Waals surface area contributed by atoms with E-state index in [1.165, 1.54) is 74.1 Å². The first-order valence-electron chi connectivity index (χ1n) is 35.7. The van der Waals surface area contributed by atoms with Crippen LogP contribution in [0.5, 0.6) is 0 Å². The number of oxazole rings is 8. The largest absolute Gasteiger partial charge is 0.448 e. The van der Waals surface area contributed by atoms with Gasteiger partial charge in [-0.3, -0.25) is 38.4 Å². The molecule has 8 aromatic heterocycles. The number of carbonyl (C=O) groups is 8. The van der Waals surface area contributed by atoms with Gasteiger partial charge in [0.2, 0.25) is 0 Å². The molecule has 2 aromatic carbocycles. The minimum Gasteiger partial charge on any atom is -0.448 e. The number of hydrogen-bond donors (Lipinski definition) is 0. The Morgan fingerprint density at radius 3 is 0.695 bits per heavy atom. The molecule has 0 aliphatic carbocycles. The van der Waals surface area contributed by atoms with Gasteiger partial charge in [-0.05, 0) is 67.9 Å². The predicted octanol–water partition coefficient (Wildman–Crippen LogP) is 20.1. The van der Waals surface area contributed by atoms with Crippen molar-refractivity contribution in [3.63, 3.8) is 0 Å². The highest BCUT2D eigenvalue weighted by Gasteiger charge is 2.19. The average Bonchev–Trinajstić information content (AvgIpc) is 1.88. The van der Waals surface area contributed by atoms with Gasteiger partial charge in [0, 0.05) is 47.3 Å². The summed E-state index contributed by atoms with van der Waals surface area (Å²) < 4.78 is 41.2. The van der Waals surface area contributed by atoms with E-state index in [2.05, 4.69) is 133 Å². The molecule has 0 N–H and O–H groups in total. The van der Waals surface area contributed by atoms with E-state index in [0.717, 1.165) is 57.8 Å². The summed E-state index contributed by atoms with van der Waals surface area (Å²) in [5, 5.41) is 0. The topological polar surface area (TPSA) is 345 Å². The molecule has 0 saturated carbocycles. The smallest absolute Gasteiger partial charge is 0.197 e. The van der Waals surface area contributed by atoms with Crippen molar-refractivity contribution < 1.29 is 73.7 Å². The highest BCUT2D eigenvalue weighted by Crippen LogP contribution is 2.26. The lowest BCUT2D eigenvalue weighted by atomic mass is 9.99. The van der Waals surface area contributed by atoms with E-state index in [4.69, 9.17) is 35.3 Å². The second-order valence-electron chi connectivity index (χ2n) is 26.6. The second-order valence-corrected chi connectivity index (χ2v) is 26.6. The number of nitrogens with zero attached hydrogens (tertiary/aromatic N) is 8. The van der Waals surface area contributed by atoms with Crippen LogP contribution in [0.1, 0.15) is 358 Å². The Balaban J connectivity index is 0.000000313. The Morgan fingerprint density at radius 1 is 0.276 bits per heavy atom. The maximum atomic E-state index is 10.5. The summed E-state index contributed by atoms with van der Waals surface area (Å²) in [5.41, 5.74) is 5.46. The standard InChI is InChI=1S/2C13H13NO2.3C10H15NO2.2C9H13NO2.C7H9NO2/c2*1-10(7-11-5-3-2-4-6-11)13-14-12(8-15)9-16-13;2*1-7(2)4-8(3)10-11-9(5-12)6-13-10;1-3-4-5-8(2)10-11-9(6-12)7-13-10;2*1-3-4-7(2)9-10-8(5-11)6-12-9;1-5(2)7-8-6(3-9)4-10-7/h2*2-6,8-10H,7H2,1H3;2*5-8H,4H2,1-3H3;6-8H,3-5H2,1-2H3;2*5-7H,3-4H2,1-2H3;3-5H,1-2H3/t2*10-;3*8-;2*7-;/m1010010./s1. The summed E-state index contributed by atoms with van der Waals surface area (Å²) in [7, 11) is 0. The van der Waals surface area contributed by atoms with Gasteiger partial charge in [-0.25, -0.2) is 39.9 Å². The van der Waals surface area contributed by atoms with E-state index in [9.17, 15) is 38.4 Å². The highest BCUT2D eigenvalue weighted by atomic mass is 16.4. The van der Waals surface area contributed by atoms with Crippen LogP contribution in [0, 0.1) is 11.8 Å². The van der Waals surface area contributed by atoms with Crippen molar-refractivity contribution in [3.05, 3.63) is 215 Å². The molecule has 0 fully saturated rings. The molecule has 0 saturated heterocycles. The second kappa shape index (κ2) is 50.0. The van der Waals surface area contributed by atoms with Crippen molar-refractivity contribution in [2.24, 2.45) is 11.8 Å². The van der Waals surface area contributed by atoms with Gasteiger partial charge in [0.1, 0.15) is 95.7 Å². The van der Waals surface area contributed by atoms with Crippen LogP contribution in [-0.4, -0.2) is 90.2 Å². The van der Waals surface area contributed by atoms with Crippen molar-refractivity contribution in [1.82, 2.24) is 39.9 Å². The lowest BCUT2D eigenvalue weighted by Crippen LogP contribution is -1.99. The Morgan fingerprint density at radius 2 is 0.495 bits per heavy atom. The zero-order chi connectivity index (χ0) is 77.6. The number of benzene rings is 2. The number of aromatic nitrogens is 8. The molecule has 566 valence electrons. The van der Waals surface area contributed by atoms with E-state index >= 15 is 0 Å². The van der Waals surface area contributed by atoms with E-state index < -0.39 is 0 Å². The van der Waals surface area contributed by atoms with E-state index in [1.807, 2.05) is 77.9 Å². The normalized spacial score (nSPS) is 12.5. The molecule has 24 nitrogen and oxygen atoms in total. The number of aldehydes is 8. The quantitative estimate of drug-likeness (QED) is 0.0364. The molecule has 0 unspecified atom stereocenters. The highest BCUT2D eigenvalue weighted by molar-refractivity contribution is 5.73. The summed E-state index contributed by atoms with van der Waals surface area (Å²) >= 11 is 0. The molecule has 0 aliphatic heterocycles. The fourth-order valence-corrected chi connectivity index (χ4v) is 10.2. The molecule has 0 aliphatic rings. The van der Waals surface area contributed by atoms with Crippen molar-refractivity contribution >= 4 is 50.3 Å². The molecule has 10 rings (SSSR count). The lowest BCUT2D eigenvalue weighted by Gasteiger charge is -2.09. The van der Waals surface area contributed by atoms with Crippen LogP contribution >= 0.6 is 0 Å². The zero-order valence-corrected chi connectivity index (χ0v) is 63.7. The fraction of sp³-hybridized carbons (Fsp3) is 0.457. The van der Waals surface area contributed by atoms with Crippen molar-refractivity contribution in [1.29, 1.82) is 0 Å². The molecule has 0 bridgehead atoms. The van der Waals surface area contributed by atoms with Crippen molar-refractivity contribution in [2.75, 3.05) is 0 Å². The Bertz CT molecular complexity index is 3800. The van der Waals surface area contributed by atoms with E-state index in [1.54, 1.807) is 0 Å². The van der Waals surface area contributed by atoms with Crippen LogP contribution in [0.25, 0.3) is 0 Å². The molecule has 0 amide bonds. The summed E-state index contributed by atoms with van der Waals surface area (Å²) in [6.45, 7) is 33.2. The maximum Gasteiger partial charge on any atom is 0.197 e. The van der Waals surface area contributed by atoms with Crippen molar-refractivity contribution in [2.45, 2.75) is 229 Å². The van der Waals surface area contributed by atoms with Crippen LogP contribution < -0.4 is 0 Å². The summed E-state index contributed by atoms with van der Waals surface area (Å²) in [5.74, 6) is 8.51. The first kappa shape index (κ1) is 88.7. The molecule has 24 heteroatoms. The van der Waals surface area contributed by atoms with E-state index in [0.29, 0.717) is 173 Å². The number of rotatable bonds is 31. The van der Waals surface area contributed by atoms with Crippen LogP contribution in [0.3, 0.4) is 0 Å². The third kappa shape index (κ3) is 34.1. The molecular formula is C81H106N8O16. The minimum absolute atomic E-state index is 0.177. The number of carbonyl (C=O) groups excluding carboxylic acids is 8. The molecule has 0 spiro atoms. The van der Waals surface area contributed by atoms with Gasteiger partial charge in [-0.15, -0.1) is 0 Å². The Hall–Kier alpha value is -10.5. The summed E-state index contributed by atoms with van der Waals surface area (Å²) in [6.07, 6.45) is 28.2. The monoisotopic (exact) mass is 1450 g/mol. The summed E-state index contributed by atoms with van der Waals surface area (Å²) in [6, 6.07) is 20.3. The van der Waals surface area contributed by atoms with Gasteiger partial charge in [-0.1, -0.05) is 197 Å². The number of unbranched alkanes of at least 4 members (excludes halogenated alkanes) is 1. The van der Waals surface area contributed by atoms with Gasteiger partial charge in [0.25, 0.3) is 0 Å². The van der Waals surface area contributed by atoms with Gasteiger partial charge in [-0.2, -0.15) is 0 Å². The molecule has 7 atom stereocenters. The van der Waals surface area contributed by atoms with Gasteiger partial charge in [0.05, 0.1) is 0 Å². The van der Waals surface area contributed by atoms with Gasteiger partial charge in [0.15, 0.2) is 97.4 Å². The lowest BCUT2D eigenvalue weighted by molar-refractivity contribution is 0.111. The number of hydrogen-bond acceptors (Lipinski definition) is 24. The maximum absolute atomic E-state index is 10.5.